The highest BCUT2D eigenvalue weighted by atomic mass is 127. The summed E-state index contributed by atoms with van der Waals surface area (Å²) in [5, 5.41) is 0. The molecule has 0 aliphatic carbocycles. The summed E-state index contributed by atoms with van der Waals surface area (Å²) in [6.07, 6.45) is 0.976. The zero-order chi connectivity index (χ0) is 11.3. The maximum atomic E-state index is 11.5. The first-order chi connectivity index (χ1) is 7.15. The largest absolute Gasteiger partial charge is 0.462 e. The zero-order valence-corrected chi connectivity index (χ0v) is 14.2. The monoisotopic (exact) mass is 398 g/mol. The number of hydrogen-bond donors (Lipinski definition) is 0. The molecule has 5 heteroatoms. The summed E-state index contributed by atoms with van der Waals surface area (Å²) in [7, 11) is 1.17. The average Bonchev–Trinajstić information content (AvgIpc) is 2.22. The summed E-state index contributed by atoms with van der Waals surface area (Å²) < 4.78 is 7.14. The molecule has 82 valence electrons. The molecule has 1 rings (SSSR count). The summed E-state index contributed by atoms with van der Waals surface area (Å²) in [5.74, 6) is -0.234. The summed E-state index contributed by atoms with van der Waals surface area (Å²) in [5.41, 5.74) is 0.607. The molecule has 0 spiro atoms. The fraction of sp³-hybridized carbons (Fsp3) is 0.300. The molecule has 0 amide bonds. The van der Waals surface area contributed by atoms with Crippen molar-refractivity contribution in [3.63, 3.8) is 0 Å². The molecular weight excluding hydrogens is 387 g/mol. The molecule has 0 unspecified atom stereocenters. The first-order valence-corrected chi connectivity index (χ1v) is 8.06. The van der Waals surface area contributed by atoms with Crippen molar-refractivity contribution < 1.29 is 9.53 Å². The minimum Gasteiger partial charge on any atom is -0.462 e. The van der Waals surface area contributed by atoms with Gasteiger partial charge in [-0.25, -0.2) is 4.79 Å². The van der Waals surface area contributed by atoms with E-state index in [4.69, 9.17) is 4.74 Å². The van der Waals surface area contributed by atoms with E-state index in [9.17, 15) is 4.79 Å². The van der Waals surface area contributed by atoms with Crippen LogP contribution < -0.4 is 0 Å². The Labute approximate surface area is 114 Å². The molecule has 0 saturated heterocycles. The van der Waals surface area contributed by atoms with Crippen molar-refractivity contribution in [1.29, 1.82) is 0 Å². The smallest absolute Gasteiger partial charge is 0.338 e. The fourth-order valence-corrected chi connectivity index (χ4v) is 2.02. The van der Waals surface area contributed by atoms with Crippen LogP contribution in [0.5, 0.6) is 0 Å². The molecular formula is C10H12BrIO2Si. The van der Waals surface area contributed by atoms with Gasteiger partial charge in [0.2, 0.25) is 0 Å². The van der Waals surface area contributed by atoms with Gasteiger partial charge in [0.15, 0.2) is 0 Å². The minimum atomic E-state index is -0.234. The number of carbonyl (C=O) groups is 1. The number of rotatable bonds is 4. The predicted octanol–water partition coefficient (Wildman–Crippen LogP) is 2.38. The Morgan fingerprint density at radius 3 is 2.87 bits per heavy atom. The van der Waals surface area contributed by atoms with Crippen LogP contribution in [-0.4, -0.2) is 22.8 Å². The molecule has 0 atom stereocenters. The van der Waals surface area contributed by atoms with Gasteiger partial charge in [-0.05, 0) is 63.1 Å². The Morgan fingerprint density at radius 1 is 1.53 bits per heavy atom. The Hall–Kier alpha value is 0.117. The van der Waals surface area contributed by atoms with Crippen molar-refractivity contribution in [3.05, 3.63) is 31.8 Å². The highest BCUT2D eigenvalue weighted by Gasteiger charge is 2.08. The average molecular weight is 399 g/mol. The highest BCUT2D eigenvalue weighted by Crippen LogP contribution is 2.20. The van der Waals surface area contributed by atoms with Crippen LogP contribution in [0.25, 0.3) is 0 Å². The van der Waals surface area contributed by atoms with Crippen molar-refractivity contribution >= 4 is 54.7 Å². The number of hydrogen-bond acceptors (Lipinski definition) is 2. The van der Waals surface area contributed by atoms with Gasteiger partial charge in [0.25, 0.3) is 0 Å². The van der Waals surface area contributed by atoms with Crippen LogP contribution in [0, 0.1) is 3.57 Å². The van der Waals surface area contributed by atoms with Crippen LogP contribution in [0.3, 0.4) is 0 Å². The van der Waals surface area contributed by atoms with Crippen molar-refractivity contribution in [2.75, 3.05) is 6.61 Å². The SMILES string of the molecule is O=C(OCCC[SiH3])c1ccc(I)c(Br)c1. The Balaban J connectivity index is 2.62. The summed E-state index contributed by atoms with van der Waals surface area (Å²) in [6, 6.07) is 6.65. The van der Waals surface area contributed by atoms with Gasteiger partial charge in [-0.15, -0.1) is 0 Å². The molecule has 0 fully saturated rings. The topological polar surface area (TPSA) is 26.3 Å². The van der Waals surface area contributed by atoms with E-state index < -0.39 is 0 Å². The fourth-order valence-electron chi connectivity index (χ4n) is 1.02. The number of halogens is 2. The lowest BCUT2D eigenvalue weighted by Gasteiger charge is -2.04. The molecule has 0 aliphatic heterocycles. The molecule has 0 N–H and O–H groups in total. The zero-order valence-electron chi connectivity index (χ0n) is 8.43. The predicted molar refractivity (Wildman–Crippen MR) is 76.5 cm³/mol. The second-order valence-electron chi connectivity index (χ2n) is 3.12. The quantitative estimate of drug-likeness (QED) is 0.337. The number of carbonyl (C=O) groups excluding carboxylic acids is 1. The lowest BCUT2D eigenvalue weighted by molar-refractivity contribution is 0.0505. The van der Waals surface area contributed by atoms with E-state index in [0.717, 1.165) is 14.5 Å². The van der Waals surface area contributed by atoms with Gasteiger partial charge in [0, 0.05) is 18.3 Å². The van der Waals surface area contributed by atoms with E-state index in [1.54, 1.807) is 12.1 Å². The third-order valence-corrected chi connectivity index (χ3v) is 4.93. The molecule has 0 bridgehead atoms. The molecule has 1 aromatic rings. The molecule has 2 nitrogen and oxygen atoms in total. The molecule has 1 aromatic carbocycles. The minimum absolute atomic E-state index is 0.234. The number of esters is 1. The van der Waals surface area contributed by atoms with Crippen LogP contribution >= 0.6 is 38.5 Å². The van der Waals surface area contributed by atoms with E-state index in [0.29, 0.717) is 12.2 Å². The van der Waals surface area contributed by atoms with Crippen LogP contribution in [0.15, 0.2) is 22.7 Å². The summed E-state index contributed by atoms with van der Waals surface area (Å²) >= 11 is 5.59. The molecule has 0 aliphatic rings. The van der Waals surface area contributed by atoms with Gasteiger partial charge in [-0.2, -0.15) is 0 Å². The van der Waals surface area contributed by atoms with Gasteiger partial charge < -0.3 is 4.74 Å². The van der Waals surface area contributed by atoms with Gasteiger partial charge in [-0.3, -0.25) is 0 Å². The normalized spacial score (nSPS) is 10.3. The standard InChI is InChI=1S/C10H12BrIO2Si/c11-8-6-7(2-3-9(8)12)10(13)14-4-1-5-15/h2-3,6H,1,4-5H2,15H3. The molecule has 0 aromatic heterocycles. The molecule has 0 saturated carbocycles. The molecule has 0 radical (unpaired) electrons. The van der Waals surface area contributed by atoms with Crippen LogP contribution in [0.1, 0.15) is 16.8 Å². The maximum absolute atomic E-state index is 11.5. The van der Waals surface area contributed by atoms with Gasteiger partial charge in [0.1, 0.15) is 0 Å². The van der Waals surface area contributed by atoms with Gasteiger partial charge >= 0.3 is 5.97 Å². The number of ether oxygens (including phenoxy) is 1. The highest BCUT2D eigenvalue weighted by molar-refractivity contribution is 14.1. The van der Waals surface area contributed by atoms with E-state index in [2.05, 4.69) is 38.5 Å². The van der Waals surface area contributed by atoms with Crippen molar-refractivity contribution in [2.45, 2.75) is 12.5 Å². The maximum Gasteiger partial charge on any atom is 0.338 e. The first-order valence-electron chi connectivity index (χ1n) is 4.77. The van der Waals surface area contributed by atoms with E-state index in [1.807, 2.05) is 6.07 Å². The van der Waals surface area contributed by atoms with E-state index in [1.165, 1.54) is 16.3 Å². The molecule has 0 heterocycles. The lowest BCUT2D eigenvalue weighted by atomic mass is 10.2. The van der Waals surface area contributed by atoms with Crippen molar-refractivity contribution in [1.82, 2.24) is 0 Å². The Bertz CT molecular complexity index is 357. The lowest BCUT2D eigenvalue weighted by Crippen LogP contribution is -2.06. The Kier molecular flexibility index (Phi) is 5.84. The first kappa shape index (κ1) is 13.2. The van der Waals surface area contributed by atoms with Gasteiger partial charge in [0.05, 0.1) is 12.2 Å². The Morgan fingerprint density at radius 2 is 2.27 bits per heavy atom. The van der Waals surface area contributed by atoms with Crippen molar-refractivity contribution in [2.24, 2.45) is 0 Å². The third-order valence-electron chi connectivity index (χ3n) is 1.89. The van der Waals surface area contributed by atoms with Crippen LogP contribution in [0.4, 0.5) is 0 Å². The van der Waals surface area contributed by atoms with Crippen LogP contribution in [-0.2, 0) is 4.74 Å². The van der Waals surface area contributed by atoms with E-state index >= 15 is 0 Å². The van der Waals surface area contributed by atoms with Crippen molar-refractivity contribution in [3.8, 4) is 0 Å². The van der Waals surface area contributed by atoms with Crippen LogP contribution in [0.2, 0.25) is 6.04 Å². The number of benzene rings is 1. The van der Waals surface area contributed by atoms with E-state index in [-0.39, 0.29) is 5.97 Å². The second kappa shape index (κ2) is 6.65. The van der Waals surface area contributed by atoms with Gasteiger partial charge in [-0.1, -0.05) is 6.04 Å². The summed E-state index contributed by atoms with van der Waals surface area (Å²) in [4.78, 5) is 11.5. The molecule has 15 heavy (non-hydrogen) atoms. The third kappa shape index (κ3) is 4.24. The summed E-state index contributed by atoms with van der Waals surface area (Å²) in [6.45, 7) is 0.534. The second-order valence-corrected chi connectivity index (χ2v) is 6.13.